The number of amides is 2. The first kappa shape index (κ1) is 18.5. The molecule has 0 aliphatic carbocycles. The Kier molecular flexibility index (Phi) is 5.78. The van der Waals surface area contributed by atoms with Gasteiger partial charge < -0.3 is 10.6 Å². The number of benzene rings is 1. The highest BCUT2D eigenvalue weighted by atomic mass is 35.5. The lowest BCUT2D eigenvalue weighted by molar-refractivity contribution is 0.0950. The lowest BCUT2D eigenvalue weighted by atomic mass is 10.1. The van der Waals surface area contributed by atoms with Crippen molar-refractivity contribution in [1.29, 1.82) is 0 Å². The smallest absolute Gasteiger partial charge is 0.274 e. The Hall–Kier alpha value is -3.25. The summed E-state index contributed by atoms with van der Waals surface area (Å²) in [7, 11) is 0. The molecule has 0 spiro atoms. The zero-order valence-corrected chi connectivity index (χ0v) is 15.3. The number of aromatic nitrogens is 2. The van der Waals surface area contributed by atoms with E-state index in [-0.39, 0.29) is 11.6 Å². The quantitative estimate of drug-likeness (QED) is 0.708. The minimum Gasteiger partial charge on any atom is -0.346 e. The standard InChI is InChI=1S/C20H17ClN4O2/c1-13-5-6-15(21)11-17(13)25-20(27)18-10-14(7-9-23-18)19(26)24-12-16-4-2-3-8-22-16/h2-11H,12H2,1H3,(H,24,26)(H,25,27). The number of nitrogens with zero attached hydrogens (tertiary/aromatic N) is 2. The van der Waals surface area contributed by atoms with Crippen molar-refractivity contribution in [2.24, 2.45) is 0 Å². The van der Waals surface area contributed by atoms with E-state index in [2.05, 4.69) is 20.6 Å². The van der Waals surface area contributed by atoms with Crippen LogP contribution in [0, 0.1) is 6.92 Å². The van der Waals surface area contributed by atoms with Gasteiger partial charge in [-0.15, -0.1) is 0 Å². The molecule has 2 N–H and O–H groups in total. The number of hydrogen-bond donors (Lipinski definition) is 2. The molecule has 0 aliphatic rings. The Morgan fingerprint density at radius 3 is 2.63 bits per heavy atom. The fraction of sp³-hybridized carbons (Fsp3) is 0.100. The van der Waals surface area contributed by atoms with Gasteiger partial charge >= 0.3 is 0 Å². The first-order valence-electron chi connectivity index (χ1n) is 8.24. The zero-order chi connectivity index (χ0) is 19.2. The number of hydrogen-bond acceptors (Lipinski definition) is 4. The molecule has 2 aromatic heterocycles. The third kappa shape index (κ3) is 4.89. The topological polar surface area (TPSA) is 84.0 Å². The molecule has 3 aromatic rings. The number of anilines is 1. The Morgan fingerprint density at radius 1 is 1.00 bits per heavy atom. The minimum atomic E-state index is -0.417. The van der Waals surface area contributed by atoms with Crippen molar-refractivity contribution in [3.8, 4) is 0 Å². The first-order chi connectivity index (χ1) is 13.0. The average Bonchev–Trinajstić information content (AvgIpc) is 2.69. The molecule has 0 bridgehead atoms. The fourth-order valence-electron chi connectivity index (χ4n) is 2.39. The lowest BCUT2D eigenvalue weighted by Gasteiger charge is -2.09. The van der Waals surface area contributed by atoms with Gasteiger partial charge in [0.2, 0.25) is 0 Å². The number of aryl methyl sites for hydroxylation is 1. The van der Waals surface area contributed by atoms with Gasteiger partial charge in [0.15, 0.2) is 0 Å². The van der Waals surface area contributed by atoms with Crippen LogP contribution in [0.4, 0.5) is 5.69 Å². The molecule has 2 amide bonds. The highest BCUT2D eigenvalue weighted by Crippen LogP contribution is 2.20. The van der Waals surface area contributed by atoms with Gasteiger partial charge in [-0.3, -0.25) is 19.6 Å². The second kappa shape index (κ2) is 8.42. The van der Waals surface area contributed by atoms with Gasteiger partial charge in [-0.05, 0) is 48.9 Å². The van der Waals surface area contributed by atoms with Crippen LogP contribution in [0.15, 0.2) is 60.9 Å². The maximum absolute atomic E-state index is 12.5. The average molecular weight is 381 g/mol. The van der Waals surface area contributed by atoms with Crippen LogP contribution in [0.5, 0.6) is 0 Å². The molecule has 1 aromatic carbocycles. The second-order valence-electron chi connectivity index (χ2n) is 5.85. The predicted octanol–water partition coefficient (Wildman–Crippen LogP) is 3.62. The summed E-state index contributed by atoms with van der Waals surface area (Å²) < 4.78 is 0. The van der Waals surface area contributed by atoms with E-state index in [1.54, 1.807) is 30.5 Å². The summed E-state index contributed by atoms with van der Waals surface area (Å²) in [4.78, 5) is 33.0. The molecule has 0 atom stereocenters. The van der Waals surface area contributed by atoms with E-state index in [1.165, 1.54) is 12.3 Å². The molecule has 0 unspecified atom stereocenters. The van der Waals surface area contributed by atoms with Crippen LogP contribution in [0.25, 0.3) is 0 Å². The number of carbonyl (C=O) groups is 2. The van der Waals surface area contributed by atoms with Gasteiger partial charge in [0.25, 0.3) is 11.8 Å². The van der Waals surface area contributed by atoms with E-state index in [4.69, 9.17) is 11.6 Å². The molecular formula is C20H17ClN4O2. The minimum absolute atomic E-state index is 0.139. The van der Waals surface area contributed by atoms with Crippen LogP contribution >= 0.6 is 11.6 Å². The van der Waals surface area contributed by atoms with E-state index in [0.717, 1.165) is 11.3 Å². The SMILES string of the molecule is Cc1ccc(Cl)cc1NC(=O)c1cc(C(=O)NCc2ccccn2)ccn1. The molecule has 0 radical (unpaired) electrons. The van der Waals surface area contributed by atoms with Crippen molar-refractivity contribution >= 4 is 29.1 Å². The van der Waals surface area contributed by atoms with Crippen LogP contribution < -0.4 is 10.6 Å². The van der Waals surface area contributed by atoms with E-state index in [1.807, 2.05) is 25.1 Å². The molecule has 27 heavy (non-hydrogen) atoms. The van der Waals surface area contributed by atoms with Crippen LogP contribution in [0.1, 0.15) is 32.1 Å². The summed E-state index contributed by atoms with van der Waals surface area (Å²) in [5.74, 6) is -0.726. The zero-order valence-electron chi connectivity index (χ0n) is 14.6. The molecular weight excluding hydrogens is 364 g/mol. The third-order valence-electron chi connectivity index (χ3n) is 3.86. The van der Waals surface area contributed by atoms with Crippen molar-refractivity contribution in [3.63, 3.8) is 0 Å². The van der Waals surface area contributed by atoms with Gasteiger partial charge in [0, 0.05) is 28.7 Å². The monoisotopic (exact) mass is 380 g/mol. The summed E-state index contributed by atoms with van der Waals surface area (Å²) in [6.45, 7) is 2.16. The molecule has 7 heteroatoms. The Balaban J connectivity index is 1.69. The van der Waals surface area contributed by atoms with Crippen molar-refractivity contribution in [3.05, 3.63) is 88.5 Å². The van der Waals surface area contributed by atoms with Gasteiger partial charge in [-0.2, -0.15) is 0 Å². The number of halogens is 1. The molecule has 2 heterocycles. The van der Waals surface area contributed by atoms with Crippen LogP contribution in [0.3, 0.4) is 0 Å². The first-order valence-corrected chi connectivity index (χ1v) is 8.62. The van der Waals surface area contributed by atoms with E-state index in [9.17, 15) is 9.59 Å². The molecule has 136 valence electrons. The van der Waals surface area contributed by atoms with Gasteiger partial charge in [-0.25, -0.2) is 0 Å². The van der Waals surface area contributed by atoms with Crippen molar-refractivity contribution in [1.82, 2.24) is 15.3 Å². The Labute approximate surface area is 161 Å². The van der Waals surface area contributed by atoms with Crippen molar-refractivity contribution in [2.75, 3.05) is 5.32 Å². The Morgan fingerprint density at radius 2 is 1.85 bits per heavy atom. The summed E-state index contributed by atoms with van der Waals surface area (Å²) in [6, 6.07) is 13.7. The third-order valence-corrected chi connectivity index (χ3v) is 4.09. The molecule has 6 nitrogen and oxygen atoms in total. The molecule has 3 rings (SSSR count). The molecule has 0 saturated carbocycles. The Bertz CT molecular complexity index is 977. The van der Waals surface area contributed by atoms with E-state index >= 15 is 0 Å². The highest BCUT2D eigenvalue weighted by Gasteiger charge is 2.13. The predicted molar refractivity (Wildman–Crippen MR) is 104 cm³/mol. The van der Waals surface area contributed by atoms with Crippen LogP contribution in [-0.2, 0) is 6.54 Å². The van der Waals surface area contributed by atoms with Crippen molar-refractivity contribution in [2.45, 2.75) is 13.5 Å². The van der Waals surface area contributed by atoms with Crippen LogP contribution in [-0.4, -0.2) is 21.8 Å². The number of carbonyl (C=O) groups excluding carboxylic acids is 2. The van der Waals surface area contributed by atoms with Gasteiger partial charge in [-0.1, -0.05) is 23.7 Å². The van der Waals surface area contributed by atoms with Crippen LogP contribution in [0.2, 0.25) is 5.02 Å². The van der Waals surface area contributed by atoms with Crippen molar-refractivity contribution < 1.29 is 9.59 Å². The fourth-order valence-corrected chi connectivity index (χ4v) is 2.56. The highest BCUT2D eigenvalue weighted by molar-refractivity contribution is 6.31. The van der Waals surface area contributed by atoms with E-state index in [0.29, 0.717) is 22.8 Å². The van der Waals surface area contributed by atoms with Gasteiger partial charge in [0.1, 0.15) is 5.69 Å². The summed E-state index contributed by atoms with van der Waals surface area (Å²) in [5.41, 5.74) is 2.69. The lowest BCUT2D eigenvalue weighted by Crippen LogP contribution is -2.24. The normalized spacial score (nSPS) is 10.3. The molecule has 0 fully saturated rings. The summed E-state index contributed by atoms with van der Waals surface area (Å²) in [6.07, 6.45) is 3.09. The van der Waals surface area contributed by atoms with E-state index < -0.39 is 5.91 Å². The number of rotatable bonds is 5. The second-order valence-corrected chi connectivity index (χ2v) is 6.28. The summed E-state index contributed by atoms with van der Waals surface area (Å²) in [5, 5.41) is 6.05. The molecule has 0 saturated heterocycles. The number of pyridine rings is 2. The maximum atomic E-state index is 12.5. The number of nitrogens with one attached hydrogen (secondary N) is 2. The summed E-state index contributed by atoms with van der Waals surface area (Å²) >= 11 is 5.97. The van der Waals surface area contributed by atoms with Gasteiger partial charge in [0.05, 0.1) is 12.2 Å². The molecule has 0 aliphatic heterocycles. The largest absolute Gasteiger partial charge is 0.346 e. The maximum Gasteiger partial charge on any atom is 0.274 e.